The van der Waals surface area contributed by atoms with Crippen molar-refractivity contribution in [2.75, 3.05) is 6.54 Å². The summed E-state index contributed by atoms with van der Waals surface area (Å²) in [6, 6.07) is 0. The van der Waals surface area contributed by atoms with Crippen LogP contribution < -0.4 is 5.32 Å². The molecule has 2 heterocycles. The topological polar surface area (TPSA) is 141 Å². The lowest BCUT2D eigenvalue weighted by Crippen LogP contribution is -2.67. The molecule has 0 bridgehead atoms. The molecule has 0 aromatic rings. The van der Waals surface area contributed by atoms with Crippen molar-refractivity contribution in [3.8, 4) is 0 Å². The second-order valence-electron chi connectivity index (χ2n) is 6.35. The monoisotopic (exact) mass is 379 g/mol. The van der Waals surface area contributed by atoms with Crippen molar-refractivity contribution >= 4 is 35.5 Å². The summed E-state index contributed by atoms with van der Waals surface area (Å²) in [5.41, 5.74) is -2.17. The van der Waals surface area contributed by atoms with E-state index in [4.69, 9.17) is 0 Å². The van der Waals surface area contributed by atoms with Gasteiger partial charge < -0.3 is 10.4 Å². The zero-order chi connectivity index (χ0) is 20.2. The maximum absolute atomic E-state index is 12.4. The van der Waals surface area contributed by atoms with Crippen molar-refractivity contribution < 1.29 is 33.9 Å². The number of unbranched alkanes of at least 4 members (excludes halogenated alkanes) is 1. The Morgan fingerprint density at radius 2 is 1.67 bits per heavy atom. The number of carbonyl (C=O) groups excluding carboxylic acids is 5. The quantitative estimate of drug-likeness (QED) is 0.516. The highest BCUT2D eigenvalue weighted by Crippen LogP contribution is 2.27. The van der Waals surface area contributed by atoms with Crippen molar-refractivity contribution in [3.63, 3.8) is 0 Å². The summed E-state index contributed by atoms with van der Waals surface area (Å²) in [7, 11) is 0. The van der Waals surface area contributed by atoms with Crippen LogP contribution in [0.2, 0.25) is 0 Å². The highest BCUT2D eigenvalue weighted by molar-refractivity contribution is 6.13. The number of aliphatic carboxylic acids is 1. The summed E-state index contributed by atoms with van der Waals surface area (Å²) in [5.74, 6) is -4.74. The van der Waals surface area contributed by atoms with Crippen LogP contribution in [-0.2, 0) is 28.8 Å². The number of hydrogen-bond donors (Lipinski definition) is 2. The maximum Gasteiger partial charge on any atom is 0.351 e. The number of likely N-dealkylation sites (tertiary alicyclic amines) is 1. The van der Waals surface area contributed by atoms with Crippen LogP contribution in [0.3, 0.4) is 0 Å². The number of amides is 5. The van der Waals surface area contributed by atoms with Gasteiger partial charge in [0.25, 0.3) is 11.8 Å². The lowest BCUT2D eigenvalue weighted by molar-refractivity contribution is -0.168. The summed E-state index contributed by atoms with van der Waals surface area (Å²) < 4.78 is 0. The van der Waals surface area contributed by atoms with Crippen molar-refractivity contribution in [1.82, 2.24) is 15.1 Å². The fourth-order valence-electron chi connectivity index (χ4n) is 3.08. The highest BCUT2D eigenvalue weighted by Gasteiger charge is 2.52. The van der Waals surface area contributed by atoms with Gasteiger partial charge in [-0.15, -0.1) is 0 Å². The molecule has 0 radical (unpaired) electrons. The van der Waals surface area contributed by atoms with Crippen LogP contribution in [0.5, 0.6) is 0 Å². The molecule has 0 saturated carbocycles. The standard InChI is InChI=1S/C17H21N3O7/c1-2-3-9-17(16(26)27,20-14(24)6-7-15(20)25)18-11(21)8-10-19-12(22)4-5-13(19)23/h4-5H,2-3,6-10H2,1H3,(H,18,21)(H,26,27). The van der Waals surface area contributed by atoms with E-state index in [-0.39, 0.29) is 32.2 Å². The van der Waals surface area contributed by atoms with Gasteiger partial charge in [-0.2, -0.15) is 0 Å². The molecule has 10 nitrogen and oxygen atoms in total. The Morgan fingerprint density at radius 3 is 2.15 bits per heavy atom. The van der Waals surface area contributed by atoms with Crippen LogP contribution in [0.1, 0.15) is 45.4 Å². The fraction of sp³-hybridized carbons (Fsp3) is 0.529. The van der Waals surface area contributed by atoms with Crippen molar-refractivity contribution in [3.05, 3.63) is 12.2 Å². The molecule has 0 aromatic carbocycles. The SMILES string of the molecule is CCCCC(NC(=O)CCN1C(=O)C=CC1=O)(C(=O)O)N1C(=O)CCC1=O. The highest BCUT2D eigenvalue weighted by atomic mass is 16.4. The zero-order valence-electron chi connectivity index (χ0n) is 14.9. The smallest absolute Gasteiger partial charge is 0.351 e. The van der Waals surface area contributed by atoms with Gasteiger partial charge in [0.2, 0.25) is 23.4 Å². The molecule has 2 N–H and O–H groups in total. The van der Waals surface area contributed by atoms with Gasteiger partial charge >= 0.3 is 5.97 Å². The summed E-state index contributed by atoms with van der Waals surface area (Å²) in [4.78, 5) is 73.1. The van der Waals surface area contributed by atoms with Gasteiger partial charge in [0, 0.05) is 44.4 Å². The number of rotatable bonds is 9. The average Bonchev–Trinajstić information content (AvgIpc) is 3.11. The van der Waals surface area contributed by atoms with Crippen LogP contribution in [0, 0.1) is 0 Å². The van der Waals surface area contributed by atoms with Gasteiger partial charge in [0.05, 0.1) is 0 Å². The molecular weight excluding hydrogens is 358 g/mol. The molecule has 1 fully saturated rings. The normalized spacial score (nSPS) is 19.0. The third kappa shape index (κ3) is 4.04. The molecule has 5 amide bonds. The molecular formula is C17H21N3O7. The molecule has 2 aliphatic heterocycles. The molecule has 1 atom stereocenters. The largest absolute Gasteiger partial charge is 0.478 e. The number of carbonyl (C=O) groups is 6. The Hall–Kier alpha value is -3.04. The molecule has 0 aromatic heterocycles. The Kier molecular flexibility index (Phi) is 6.09. The van der Waals surface area contributed by atoms with Gasteiger partial charge in [-0.25, -0.2) is 9.69 Å². The van der Waals surface area contributed by atoms with Crippen molar-refractivity contribution in [1.29, 1.82) is 0 Å². The van der Waals surface area contributed by atoms with E-state index in [0.29, 0.717) is 17.7 Å². The molecule has 27 heavy (non-hydrogen) atoms. The van der Waals surface area contributed by atoms with E-state index in [0.717, 1.165) is 17.1 Å². The lowest BCUT2D eigenvalue weighted by atomic mass is 9.99. The van der Waals surface area contributed by atoms with Crippen LogP contribution in [0.4, 0.5) is 0 Å². The molecule has 1 unspecified atom stereocenters. The second kappa shape index (κ2) is 8.11. The first-order chi connectivity index (χ1) is 12.7. The first kappa shape index (κ1) is 20.3. The Bertz CT molecular complexity index is 696. The van der Waals surface area contributed by atoms with Crippen LogP contribution in [-0.4, -0.2) is 62.6 Å². The van der Waals surface area contributed by atoms with Crippen LogP contribution in [0.15, 0.2) is 12.2 Å². The number of imide groups is 2. The second-order valence-corrected chi connectivity index (χ2v) is 6.35. The summed E-state index contributed by atoms with van der Waals surface area (Å²) >= 11 is 0. The minimum Gasteiger partial charge on any atom is -0.478 e. The number of hydrogen-bond acceptors (Lipinski definition) is 6. The summed E-state index contributed by atoms with van der Waals surface area (Å²) in [5, 5.41) is 12.1. The van der Waals surface area contributed by atoms with E-state index in [1.54, 1.807) is 6.92 Å². The molecule has 2 aliphatic rings. The minimum atomic E-state index is -2.17. The molecule has 0 aliphatic carbocycles. The van der Waals surface area contributed by atoms with Gasteiger partial charge in [-0.3, -0.25) is 28.9 Å². The van der Waals surface area contributed by atoms with E-state index in [9.17, 15) is 33.9 Å². The molecule has 0 spiro atoms. The van der Waals surface area contributed by atoms with E-state index >= 15 is 0 Å². The van der Waals surface area contributed by atoms with E-state index < -0.39 is 41.2 Å². The molecule has 10 heteroatoms. The Labute approximate surface area is 155 Å². The van der Waals surface area contributed by atoms with E-state index in [1.165, 1.54) is 0 Å². The summed E-state index contributed by atoms with van der Waals surface area (Å²) in [6.45, 7) is 1.57. The maximum atomic E-state index is 12.4. The first-order valence-electron chi connectivity index (χ1n) is 8.66. The Morgan fingerprint density at radius 1 is 1.11 bits per heavy atom. The third-order valence-corrected chi connectivity index (χ3v) is 4.49. The zero-order valence-corrected chi connectivity index (χ0v) is 14.9. The van der Waals surface area contributed by atoms with E-state index in [1.807, 2.05) is 0 Å². The predicted octanol–water partition coefficient (Wildman–Crippen LogP) is -0.462. The van der Waals surface area contributed by atoms with Gasteiger partial charge in [0.15, 0.2) is 0 Å². The fourth-order valence-corrected chi connectivity index (χ4v) is 3.08. The van der Waals surface area contributed by atoms with Gasteiger partial charge in [0.1, 0.15) is 0 Å². The number of nitrogens with one attached hydrogen (secondary N) is 1. The van der Waals surface area contributed by atoms with Gasteiger partial charge in [-0.05, 0) is 6.42 Å². The van der Waals surface area contributed by atoms with Crippen LogP contribution in [0.25, 0.3) is 0 Å². The minimum absolute atomic E-state index is 0.113. The van der Waals surface area contributed by atoms with E-state index in [2.05, 4.69) is 5.32 Å². The number of nitrogens with zero attached hydrogens (tertiary/aromatic N) is 2. The van der Waals surface area contributed by atoms with Crippen LogP contribution >= 0.6 is 0 Å². The van der Waals surface area contributed by atoms with Gasteiger partial charge in [-0.1, -0.05) is 13.3 Å². The van der Waals surface area contributed by atoms with Crippen molar-refractivity contribution in [2.45, 2.75) is 51.1 Å². The van der Waals surface area contributed by atoms with Crippen molar-refractivity contribution in [2.24, 2.45) is 0 Å². The number of carboxylic acid groups (broad SMARTS) is 1. The predicted molar refractivity (Wildman–Crippen MR) is 89.6 cm³/mol. The average molecular weight is 379 g/mol. The molecule has 146 valence electrons. The third-order valence-electron chi connectivity index (χ3n) is 4.49. The Balaban J connectivity index is 2.17. The summed E-state index contributed by atoms with van der Waals surface area (Å²) in [6.07, 6.45) is 2.38. The molecule has 1 saturated heterocycles. The number of carboxylic acids is 1. The first-order valence-corrected chi connectivity index (χ1v) is 8.66. The lowest BCUT2D eigenvalue weighted by Gasteiger charge is -2.37. The molecule has 2 rings (SSSR count).